The molecule has 0 fully saturated rings. The third-order valence-electron chi connectivity index (χ3n) is 1.44. The molecule has 0 heterocycles. The maximum absolute atomic E-state index is 11.1. The molecule has 0 saturated carbocycles. The van der Waals surface area contributed by atoms with Gasteiger partial charge >= 0.3 is 0 Å². The number of carbonyl (C=O) groups excluding carboxylic acids is 2. The molecule has 0 bridgehead atoms. The first-order valence-corrected chi connectivity index (χ1v) is 4.18. The fraction of sp³-hybridized carbons (Fsp3) is 0.750. The monoisotopic (exact) mass is 172 g/mol. The third kappa shape index (κ3) is 3.95. The zero-order valence-corrected chi connectivity index (χ0v) is 7.81. The second kappa shape index (κ2) is 5.57. The molecule has 4 nitrogen and oxygen atoms in total. The van der Waals surface area contributed by atoms with Crippen molar-refractivity contribution >= 4 is 11.8 Å². The molecule has 0 aliphatic rings. The summed E-state index contributed by atoms with van der Waals surface area (Å²) >= 11 is 0. The third-order valence-corrected chi connectivity index (χ3v) is 1.44. The Morgan fingerprint density at radius 2 is 1.92 bits per heavy atom. The van der Waals surface area contributed by atoms with Crippen LogP contribution in [0.2, 0.25) is 0 Å². The topological polar surface area (TPSA) is 58.2 Å². The normalized spacial score (nSPS) is 11.9. The van der Waals surface area contributed by atoms with Gasteiger partial charge in [-0.3, -0.25) is 9.59 Å². The average Bonchev–Trinajstić information content (AvgIpc) is 2.04. The van der Waals surface area contributed by atoms with Gasteiger partial charge in [0.15, 0.2) is 0 Å². The summed E-state index contributed by atoms with van der Waals surface area (Å²) in [4.78, 5) is 21.9. The van der Waals surface area contributed by atoms with Gasteiger partial charge in [0.1, 0.15) is 6.04 Å². The van der Waals surface area contributed by atoms with Crippen LogP contribution in [0.15, 0.2) is 0 Å². The molecule has 0 aromatic carbocycles. The zero-order valence-electron chi connectivity index (χ0n) is 7.81. The van der Waals surface area contributed by atoms with Crippen LogP contribution in [0.1, 0.15) is 27.2 Å². The van der Waals surface area contributed by atoms with Crippen LogP contribution >= 0.6 is 0 Å². The number of rotatable bonds is 4. The lowest BCUT2D eigenvalue weighted by atomic mass is 10.3. The molecule has 70 valence electrons. The SMILES string of the molecule is CCNC(=O)[C@@H](C)NC(=O)CC. The van der Waals surface area contributed by atoms with E-state index in [1.54, 1.807) is 13.8 Å². The molecular weight excluding hydrogens is 156 g/mol. The Morgan fingerprint density at radius 3 is 2.33 bits per heavy atom. The van der Waals surface area contributed by atoms with E-state index in [0.717, 1.165) is 0 Å². The minimum Gasteiger partial charge on any atom is -0.355 e. The second-order valence-corrected chi connectivity index (χ2v) is 2.54. The Morgan fingerprint density at radius 1 is 1.33 bits per heavy atom. The highest BCUT2D eigenvalue weighted by Gasteiger charge is 2.12. The maximum Gasteiger partial charge on any atom is 0.242 e. The highest BCUT2D eigenvalue weighted by atomic mass is 16.2. The van der Waals surface area contributed by atoms with Gasteiger partial charge < -0.3 is 10.6 Å². The van der Waals surface area contributed by atoms with Crippen LogP contribution in [0, 0.1) is 0 Å². The van der Waals surface area contributed by atoms with Gasteiger partial charge in [0.2, 0.25) is 11.8 Å². The standard InChI is InChI=1S/C8H16N2O2/c1-4-7(11)10-6(3)8(12)9-5-2/h6H,4-5H2,1-3H3,(H,9,12)(H,10,11)/t6-/m1/s1. The van der Waals surface area contributed by atoms with Crippen LogP contribution in [0.3, 0.4) is 0 Å². The lowest BCUT2D eigenvalue weighted by molar-refractivity contribution is -0.128. The molecule has 0 saturated heterocycles. The van der Waals surface area contributed by atoms with E-state index in [1.165, 1.54) is 0 Å². The number of likely N-dealkylation sites (N-methyl/N-ethyl adjacent to an activating group) is 1. The van der Waals surface area contributed by atoms with Gasteiger partial charge in [-0.2, -0.15) is 0 Å². The van der Waals surface area contributed by atoms with Gasteiger partial charge in [-0.15, -0.1) is 0 Å². The van der Waals surface area contributed by atoms with E-state index in [-0.39, 0.29) is 11.8 Å². The molecule has 0 unspecified atom stereocenters. The molecule has 2 N–H and O–H groups in total. The summed E-state index contributed by atoms with van der Waals surface area (Å²) in [7, 11) is 0. The quantitative estimate of drug-likeness (QED) is 0.629. The summed E-state index contributed by atoms with van der Waals surface area (Å²) < 4.78 is 0. The van der Waals surface area contributed by atoms with Crippen molar-refractivity contribution in [2.24, 2.45) is 0 Å². The first kappa shape index (κ1) is 10.9. The summed E-state index contributed by atoms with van der Waals surface area (Å²) in [5, 5.41) is 5.18. The summed E-state index contributed by atoms with van der Waals surface area (Å²) in [5.74, 6) is -0.243. The molecule has 4 heteroatoms. The predicted molar refractivity (Wildman–Crippen MR) is 46.6 cm³/mol. The maximum atomic E-state index is 11.1. The fourth-order valence-electron chi connectivity index (χ4n) is 0.736. The molecule has 0 aliphatic heterocycles. The van der Waals surface area contributed by atoms with Crippen molar-refractivity contribution < 1.29 is 9.59 Å². The van der Waals surface area contributed by atoms with Crippen LogP contribution in [0.5, 0.6) is 0 Å². The Kier molecular flexibility index (Phi) is 5.08. The first-order valence-electron chi connectivity index (χ1n) is 4.18. The van der Waals surface area contributed by atoms with E-state index in [4.69, 9.17) is 0 Å². The zero-order chi connectivity index (χ0) is 9.56. The average molecular weight is 172 g/mol. The van der Waals surface area contributed by atoms with Gasteiger partial charge in [-0.05, 0) is 13.8 Å². The minimum absolute atomic E-state index is 0.103. The largest absolute Gasteiger partial charge is 0.355 e. The van der Waals surface area contributed by atoms with Crippen LogP contribution in [0.25, 0.3) is 0 Å². The van der Waals surface area contributed by atoms with Crippen molar-refractivity contribution in [2.45, 2.75) is 33.2 Å². The number of nitrogens with one attached hydrogen (secondary N) is 2. The second-order valence-electron chi connectivity index (χ2n) is 2.54. The van der Waals surface area contributed by atoms with Crippen molar-refractivity contribution in [1.29, 1.82) is 0 Å². The first-order chi connectivity index (χ1) is 5.61. The van der Waals surface area contributed by atoms with Crippen molar-refractivity contribution in [2.75, 3.05) is 6.54 Å². The molecule has 1 atom stereocenters. The predicted octanol–water partition coefficient (Wildman–Crippen LogP) is 0.0372. The van der Waals surface area contributed by atoms with Gasteiger partial charge in [0, 0.05) is 13.0 Å². The Hall–Kier alpha value is -1.06. The van der Waals surface area contributed by atoms with E-state index in [9.17, 15) is 9.59 Å². The van der Waals surface area contributed by atoms with E-state index in [0.29, 0.717) is 13.0 Å². The number of hydrogen-bond acceptors (Lipinski definition) is 2. The highest BCUT2D eigenvalue weighted by molar-refractivity contribution is 5.87. The highest BCUT2D eigenvalue weighted by Crippen LogP contribution is 1.84. The summed E-state index contributed by atoms with van der Waals surface area (Å²) in [6.07, 6.45) is 0.406. The van der Waals surface area contributed by atoms with E-state index in [2.05, 4.69) is 10.6 Å². The van der Waals surface area contributed by atoms with Crippen LogP contribution in [0.4, 0.5) is 0 Å². The molecule has 12 heavy (non-hydrogen) atoms. The number of carbonyl (C=O) groups is 2. The van der Waals surface area contributed by atoms with Crippen molar-refractivity contribution in [3.8, 4) is 0 Å². The van der Waals surface area contributed by atoms with Gasteiger partial charge in [0.05, 0.1) is 0 Å². The van der Waals surface area contributed by atoms with Crippen LogP contribution in [-0.4, -0.2) is 24.4 Å². The minimum atomic E-state index is -0.433. The van der Waals surface area contributed by atoms with Gasteiger partial charge in [-0.25, -0.2) is 0 Å². The number of amides is 2. The summed E-state index contributed by atoms with van der Waals surface area (Å²) in [6.45, 7) is 5.84. The van der Waals surface area contributed by atoms with Gasteiger partial charge in [-0.1, -0.05) is 6.92 Å². The fourth-order valence-corrected chi connectivity index (χ4v) is 0.736. The molecule has 0 aromatic rings. The molecule has 0 rings (SSSR count). The van der Waals surface area contributed by atoms with Crippen LogP contribution < -0.4 is 10.6 Å². The molecule has 0 radical (unpaired) electrons. The van der Waals surface area contributed by atoms with E-state index < -0.39 is 6.04 Å². The molecule has 0 aromatic heterocycles. The van der Waals surface area contributed by atoms with Crippen molar-refractivity contribution in [3.63, 3.8) is 0 Å². The number of hydrogen-bond donors (Lipinski definition) is 2. The lowest BCUT2D eigenvalue weighted by Crippen LogP contribution is -2.44. The molecule has 2 amide bonds. The Bertz CT molecular complexity index is 168. The summed E-state index contributed by atoms with van der Waals surface area (Å²) in [5.41, 5.74) is 0. The lowest BCUT2D eigenvalue weighted by Gasteiger charge is -2.11. The molecule has 0 aliphatic carbocycles. The van der Waals surface area contributed by atoms with E-state index >= 15 is 0 Å². The molecular formula is C8H16N2O2. The summed E-state index contributed by atoms with van der Waals surface area (Å²) in [6, 6.07) is -0.433. The van der Waals surface area contributed by atoms with Gasteiger partial charge in [0.25, 0.3) is 0 Å². The molecule has 0 spiro atoms. The Balaban J connectivity index is 3.78. The van der Waals surface area contributed by atoms with Crippen molar-refractivity contribution in [3.05, 3.63) is 0 Å². The van der Waals surface area contributed by atoms with Crippen molar-refractivity contribution in [1.82, 2.24) is 10.6 Å². The van der Waals surface area contributed by atoms with E-state index in [1.807, 2.05) is 6.92 Å². The smallest absolute Gasteiger partial charge is 0.242 e. The van der Waals surface area contributed by atoms with Crippen LogP contribution in [-0.2, 0) is 9.59 Å². The Labute approximate surface area is 72.7 Å².